The molecule has 3 heterocycles. The number of furan rings is 1. The molecule has 22 heavy (non-hydrogen) atoms. The van der Waals surface area contributed by atoms with E-state index in [-0.39, 0.29) is 12.1 Å². The minimum Gasteiger partial charge on any atom is -0.468 e. The third-order valence-corrected chi connectivity index (χ3v) is 4.78. The van der Waals surface area contributed by atoms with Crippen LogP contribution in [0.2, 0.25) is 5.15 Å². The van der Waals surface area contributed by atoms with Crippen LogP contribution in [0.4, 0.5) is 0 Å². The van der Waals surface area contributed by atoms with Crippen molar-refractivity contribution in [1.29, 1.82) is 0 Å². The normalized spacial score (nSPS) is 18.7. The van der Waals surface area contributed by atoms with Gasteiger partial charge < -0.3 is 14.3 Å². The second kappa shape index (κ2) is 6.86. The summed E-state index contributed by atoms with van der Waals surface area (Å²) in [7, 11) is 1.94. The minimum atomic E-state index is 0.137. The predicted octanol–water partition coefficient (Wildman–Crippen LogP) is 3.15. The molecule has 0 aliphatic carbocycles. The van der Waals surface area contributed by atoms with Crippen molar-refractivity contribution in [2.45, 2.75) is 31.8 Å². The van der Waals surface area contributed by atoms with Gasteiger partial charge in [-0.2, -0.15) is 0 Å². The van der Waals surface area contributed by atoms with E-state index in [1.165, 1.54) is 12.8 Å². The molecule has 2 aromatic heterocycles. The van der Waals surface area contributed by atoms with Gasteiger partial charge in [-0.25, -0.2) is 4.98 Å². The van der Waals surface area contributed by atoms with Gasteiger partial charge in [0.15, 0.2) is 0 Å². The number of halogens is 1. The molecular formula is C16H23ClN4O. The SMILES string of the molecule is C[C@H](NC[C@@H](c1ccco1)N1CCCC1)c1ncc(Cl)n1C. The second-order valence-corrected chi connectivity index (χ2v) is 6.29. The average molecular weight is 323 g/mol. The third-order valence-electron chi connectivity index (χ3n) is 4.43. The summed E-state index contributed by atoms with van der Waals surface area (Å²) in [6, 6.07) is 4.43. The first-order chi connectivity index (χ1) is 10.7. The Kier molecular flexibility index (Phi) is 4.86. The van der Waals surface area contributed by atoms with Crippen LogP contribution in [0.15, 0.2) is 29.0 Å². The lowest BCUT2D eigenvalue weighted by Crippen LogP contribution is -2.35. The molecule has 1 N–H and O–H groups in total. The summed E-state index contributed by atoms with van der Waals surface area (Å²) in [5.41, 5.74) is 0. The van der Waals surface area contributed by atoms with Crippen LogP contribution in [0.25, 0.3) is 0 Å². The first-order valence-corrected chi connectivity index (χ1v) is 8.22. The molecule has 0 bridgehead atoms. The first-order valence-electron chi connectivity index (χ1n) is 7.84. The molecule has 2 atom stereocenters. The lowest BCUT2D eigenvalue weighted by molar-refractivity contribution is 0.205. The van der Waals surface area contributed by atoms with Gasteiger partial charge in [0.2, 0.25) is 0 Å². The number of likely N-dealkylation sites (tertiary alicyclic amines) is 1. The van der Waals surface area contributed by atoms with Crippen molar-refractivity contribution >= 4 is 11.6 Å². The Balaban J connectivity index is 1.67. The molecule has 0 spiro atoms. The Morgan fingerprint density at radius 2 is 2.18 bits per heavy atom. The van der Waals surface area contributed by atoms with Crippen molar-refractivity contribution in [3.05, 3.63) is 41.3 Å². The van der Waals surface area contributed by atoms with Crippen LogP contribution in [0, 0.1) is 0 Å². The Bertz CT molecular complexity index is 589. The number of hydrogen-bond donors (Lipinski definition) is 1. The van der Waals surface area contributed by atoms with E-state index in [9.17, 15) is 0 Å². The van der Waals surface area contributed by atoms with Gasteiger partial charge >= 0.3 is 0 Å². The summed E-state index contributed by atoms with van der Waals surface area (Å²) in [4.78, 5) is 6.87. The summed E-state index contributed by atoms with van der Waals surface area (Å²) in [6.07, 6.45) is 5.98. The van der Waals surface area contributed by atoms with E-state index in [4.69, 9.17) is 16.0 Å². The number of rotatable bonds is 6. The van der Waals surface area contributed by atoms with Gasteiger partial charge in [-0.15, -0.1) is 0 Å². The number of aromatic nitrogens is 2. The van der Waals surface area contributed by atoms with E-state index in [1.54, 1.807) is 12.5 Å². The zero-order chi connectivity index (χ0) is 15.5. The third kappa shape index (κ3) is 3.21. The van der Waals surface area contributed by atoms with E-state index in [0.717, 1.165) is 31.2 Å². The van der Waals surface area contributed by atoms with Crippen LogP contribution < -0.4 is 5.32 Å². The number of imidazole rings is 1. The van der Waals surface area contributed by atoms with Gasteiger partial charge in [0, 0.05) is 13.6 Å². The summed E-state index contributed by atoms with van der Waals surface area (Å²) < 4.78 is 7.56. The van der Waals surface area contributed by atoms with Crippen molar-refractivity contribution < 1.29 is 4.42 Å². The van der Waals surface area contributed by atoms with Gasteiger partial charge in [-0.05, 0) is 45.0 Å². The molecular weight excluding hydrogens is 300 g/mol. The maximum atomic E-state index is 6.07. The van der Waals surface area contributed by atoms with Crippen LogP contribution in [0.1, 0.15) is 43.4 Å². The topological polar surface area (TPSA) is 46.2 Å². The molecule has 0 saturated carbocycles. The zero-order valence-electron chi connectivity index (χ0n) is 13.1. The quantitative estimate of drug-likeness (QED) is 0.887. The summed E-state index contributed by atoms with van der Waals surface area (Å²) in [6.45, 7) is 5.21. The van der Waals surface area contributed by atoms with Gasteiger partial charge in [0.1, 0.15) is 16.7 Å². The highest BCUT2D eigenvalue weighted by Crippen LogP contribution is 2.26. The highest BCUT2D eigenvalue weighted by Gasteiger charge is 2.26. The standard InChI is InChI=1S/C16H23ClN4O/c1-12(16-19-11-15(17)20(16)2)18-10-13(14-6-5-9-22-14)21-7-3-4-8-21/h5-6,9,11-13,18H,3-4,7-8,10H2,1-2H3/t12-,13-/m0/s1. The Morgan fingerprint density at radius 1 is 1.41 bits per heavy atom. The van der Waals surface area contributed by atoms with E-state index in [2.05, 4.69) is 28.2 Å². The minimum absolute atomic E-state index is 0.137. The average Bonchev–Trinajstić information content (AvgIpc) is 3.24. The molecule has 1 aliphatic heterocycles. The van der Waals surface area contributed by atoms with E-state index >= 15 is 0 Å². The molecule has 0 amide bonds. The van der Waals surface area contributed by atoms with Crippen molar-refractivity contribution in [1.82, 2.24) is 19.8 Å². The zero-order valence-corrected chi connectivity index (χ0v) is 13.9. The monoisotopic (exact) mass is 322 g/mol. The summed E-state index contributed by atoms with van der Waals surface area (Å²) in [5, 5.41) is 4.23. The Labute approximate surface area is 136 Å². The molecule has 1 fully saturated rings. The first kappa shape index (κ1) is 15.6. The van der Waals surface area contributed by atoms with Crippen molar-refractivity contribution in [2.24, 2.45) is 7.05 Å². The predicted molar refractivity (Wildman–Crippen MR) is 86.9 cm³/mol. The van der Waals surface area contributed by atoms with Gasteiger partial charge in [0.25, 0.3) is 0 Å². The molecule has 0 aromatic carbocycles. The smallest absolute Gasteiger partial charge is 0.128 e. The highest BCUT2D eigenvalue weighted by atomic mass is 35.5. The number of hydrogen-bond acceptors (Lipinski definition) is 4. The van der Waals surface area contributed by atoms with Crippen LogP contribution in [0.3, 0.4) is 0 Å². The Hall–Kier alpha value is -1.30. The maximum absolute atomic E-state index is 6.07. The highest BCUT2D eigenvalue weighted by molar-refractivity contribution is 6.29. The van der Waals surface area contributed by atoms with Gasteiger partial charge in [0.05, 0.1) is 24.5 Å². The number of nitrogens with one attached hydrogen (secondary N) is 1. The molecule has 1 saturated heterocycles. The fourth-order valence-corrected chi connectivity index (χ4v) is 3.26. The van der Waals surface area contributed by atoms with E-state index < -0.39 is 0 Å². The van der Waals surface area contributed by atoms with Crippen LogP contribution in [-0.2, 0) is 7.05 Å². The van der Waals surface area contributed by atoms with Crippen LogP contribution in [0.5, 0.6) is 0 Å². The molecule has 5 nitrogen and oxygen atoms in total. The van der Waals surface area contributed by atoms with E-state index in [0.29, 0.717) is 5.15 Å². The van der Waals surface area contributed by atoms with Crippen LogP contribution >= 0.6 is 11.6 Å². The maximum Gasteiger partial charge on any atom is 0.128 e. The molecule has 6 heteroatoms. The summed E-state index contributed by atoms with van der Waals surface area (Å²) in [5.74, 6) is 1.98. The van der Waals surface area contributed by atoms with E-state index in [1.807, 2.05) is 17.7 Å². The fourth-order valence-electron chi connectivity index (χ4n) is 3.13. The lowest BCUT2D eigenvalue weighted by atomic mass is 10.1. The summed E-state index contributed by atoms with van der Waals surface area (Å²) >= 11 is 6.07. The van der Waals surface area contributed by atoms with Crippen molar-refractivity contribution in [2.75, 3.05) is 19.6 Å². The van der Waals surface area contributed by atoms with Crippen LogP contribution in [-0.4, -0.2) is 34.1 Å². The van der Waals surface area contributed by atoms with Crippen molar-refractivity contribution in [3.8, 4) is 0 Å². The molecule has 0 radical (unpaired) electrons. The lowest BCUT2D eigenvalue weighted by Gasteiger charge is -2.27. The fraction of sp³-hybridized carbons (Fsp3) is 0.562. The van der Waals surface area contributed by atoms with Gasteiger partial charge in [-0.3, -0.25) is 4.90 Å². The molecule has 120 valence electrons. The Morgan fingerprint density at radius 3 is 2.77 bits per heavy atom. The molecule has 1 aliphatic rings. The van der Waals surface area contributed by atoms with Crippen molar-refractivity contribution in [3.63, 3.8) is 0 Å². The molecule has 0 unspecified atom stereocenters. The largest absolute Gasteiger partial charge is 0.468 e. The molecule has 2 aromatic rings. The molecule has 3 rings (SSSR count). The van der Waals surface area contributed by atoms with Gasteiger partial charge in [-0.1, -0.05) is 11.6 Å². The second-order valence-electron chi connectivity index (χ2n) is 5.90. The number of nitrogens with zero attached hydrogens (tertiary/aromatic N) is 3.